The standard InChI is InChI=1S/C22H25FN2O4/c1-4-29-19-10-9-15(11-20(19)28-3)14(2)24-22(27)16-12-21(26)25(13-16)18-8-6-5-7-17(18)23/h5-11,14,16H,4,12-13H2,1-3H3,(H,24,27). The normalized spacial score (nSPS) is 17.2. The molecule has 1 N–H and O–H groups in total. The molecule has 0 spiro atoms. The summed E-state index contributed by atoms with van der Waals surface area (Å²) >= 11 is 0. The van der Waals surface area contributed by atoms with Gasteiger partial charge in [-0.25, -0.2) is 4.39 Å². The van der Waals surface area contributed by atoms with Crippen molar-refractivity contribution in [1.29, 1.82) is 0 Å². The molecule has 2 aromatic carbocycles. The summed E-state index contributed by atoms with van der Waals surface area (Å²) in [6, 6.07) is 11.3. The average Bonchev–Trinajstić information content (AvgIpc) is 3.10. The molecule has 2 unspecified atom stereocenters. The number of amides is 2. The first-order valence-corrected chi connectivity index (χ1v) is 9.60. The van der Waals surface area contributed by atoms with Crippen LogP contribution in [0.1, 0.15) is 31.9 Å². The van der Waals surface area contributed by atoms with Crippen molar-refractivity contribution in [3.63, 3.8) is 0 Å². The highest BCUT2D eigenvalue weighted by Gasteiger charge is 2.36. The van der Waals surface area contributed by atoms with Crippen molar-refractivity contribution in [3.05, 3.63) is 53.8 Å². The van der Waals surface area contributed by atoms with E-state index >= 15 is 0 Å². The summed E-state index contributed by atoms with van der Waals surface area (Å²) in [5.74, 6) is -0.277. The first-order chi connectivity index (χ1) is 13.9. The number of hydrogen-bond acceptors (Lipinski definition) is 4. The molecule has 0 bridgehead atoms. The Morgan fingerprint density at radius 1 is 1.28 bits per heavy atom. The van der Waals surface area contributed by atoms with Gasteiger partial charge < -0.3 is 19.7 Å². The highest BCUT2D eigenvalue weighted by Crippen LogP contribution is 2.31. The predicted molar refractivity (Wildman–Crippen MR) is 108 cm³/mol. The van der Waals surface area contributed by atoms with Gasteiger partial charge in [0.05, 0.1) is 31.4 Å². The number of para-hydroxylation sites is 1. The number of methoxy groups -OCH3 is 1. The maximum atomic E-state index is 14.0. The Kier molecular flexibility index (Phi) is 6.36. The highest BCUT2D eigenvalue weighted by atomic mass is 19.1. The molecule has 6 nitrogen and oxygen atoms in total. The quantitative estimate of drug-likeness (QED) is 0.773. The van der Waals surface area contributed by atoms with Crippen LogP contribution in [-0.4, -0.2) is 32.1 Å². The molecule has 154 valence electrons. The molecular weight excluding hydrogens is 375 g/mol. The molecular formula is C22H25FN2O4. The SMILES string of the molecule is CCOc1ccc(C(C)NC(=O)C2CC(=O)N(c3ccccc3F)C2)cc1OC. The number of hydrogen-bond donors (Lipinski definition) is 1. The second kappa shape index (κ2) is 8.94. The number of carbonyl (C=O) groups excluding carboxylic acids is 2. The third kappa shape index (κ3) is 4.50. The van der Waals surface area contributed by atoms with Crippen molar-refractivity contribution in [2.24, 2.45) is 5.92 Å². The minimum absolute atomic E-state index is 0.0550. The molecule has 2 amide bonds. The monoisotopic (exact) mass is 400 g/mol. The number of halogens is 1. The summed E-state index contributed by atoms with van der Waals surface area (Å²) in [5.41, 5.74) is 1.06. The van der Waals surface area contributed by atoms with Crippen molar-refractivity contribution in [3.8, 4) is 11.5 Å². The van der Waals surface area contributed by atoms with Gasteiger partial charge in [-0.1, -0.05) is 18.2 Å². The van der Waals surface area contributed by atoms with E-state index in [9.17, 15) is 14.0 Å². The smallest absolute Gasteiger partial charge is 0.227 e. The lowest BCUT2D eigenvalue weighted by Gasteiger charge is -2.20. The summed E-state index contributed by atoms with van der Waals surface area (Å²) < 4.78 is 24.9. The number of nitrogens with one attached hydrogen (secondary N) is 1. The molecule has 2 atom stereocenters. The second-order valence-corrected chi connectivity index (χ2v) is 6.93. The van der Waals surface area contributed by atoms with E-state index in [1.54, 1.807) is 31.4 Å². The third-order valence-corrected chi connectivity index (χ3v) is 4.99. The molecule has 3 rings (SSSR count). The van der Waals surface area contributed by atoms with E-state index in [1.165, 1.54) is 11.0 Å². The number of carbonyl (C=O) groups is 2. The minimum Gasteiger partial charge on any atom is -0.493 e. The van der Waals surface area contributed by atoms with E-state index in [0.717, 1.165) is 5.56 Å². The van der Waals surface area contributed by atoms with Crippen molar-refractivity contribution in [2.45, 2.75) is 26.3 Å². The van der Waals surface area contributed by atoms with Crippen molar-refractivity contribution >= 4 is 17.5 Å². The zero-order valence-corrected chi connectivity index (χ0v) is 16.8. The van der Waals surface area contributed by atoms with Gasteiger partial charge in [-0.15, -0.1) is 0 Å². The van der Waals surface area contributed by atoms with E-state index in [0.29, 0.717) is 18.1 Å². The zero-order chi connectivity index (χ0) is 21.0. The van der Waals surface area contributed by atoms with Crippen LogP contribution in [0.3, 0.4) is 0 Å². The van der Waals surface area contributed by atoms with Crippen LogP contribution in [0.4, 0.5) is 10.1 Å². The first kappa shape index (κ1) is 20.6. The predicted octanol–water partition coefficient (Wildman–Crippen LogP) is 3.46. The Morgan fingerprint density at radius 3 is 2.72 bits per heavy atom. The summed E-state index contributed by atoms with van der Waals surface area (Å²) in [7, 11) is 1.56. The maximum absolute atomic E-state index is 14.0. The molecule has 29 heavy (non-hydrogen) atoms. The minimum atomic E-state index is -0.533. The van der Waals surface area contributed by atoms with Crippen LogP contribution in [0.15, 0.2) is 42.5 Å². The van der Waals surface area contributed by atoms with Gasteiger partial charge in [0, 0.05) is 13.0 Å². The number of benzene rings is 2. The van der Waals surface area contributed by atoms with Gasteiger partial charge in [-0.3, -0.25) is 9.59 Å². The summed E-state index contributed by atoms with van der Waals surface area (Å²) in [4.78, 5) is 26.4. The van der Waals surface area contributed by atoms with Gasteiger partial charge in [0.25, 0.3) is 0 Å². The molecule has 2 aromatic rings. The summed E-state index contributed by atoms with van der Waals surface area (Å²) in [5, 5.41) is 2.94. The molecule has 1 fully saturated rings. The topological polar surface area (TPSA) is 67.9 Å². The first-order valence-electron chi connectivity index (χ1n) is 9.60. The Labute approximate surface area is 169 Å². The van der Waals surface area contributed by atoms with Crippen LogP contribution in [0, 0.1) is 11.7 Å². The lowest BCUT2D eigenvalue weighted by Crippen LogP contribution is -2.34. The van der Waals surface area contributed by atoms with Gasteiger partial charge in [0.15, 0.2) is 11.5 Å². The zero-order valence-electron chi connectivity index (χ0n) is 16.8. The number of ether oxygens (including phenoxy) is 2. The lowest BCUT2D eigenvalue weighted by atomic mass is 10.0. The third-order valence-electron chi connectivity index (χ3n) is 4.99. The molecule has 1 heterocycles. The van der Waals surface area contributed by atoms with Crippen LogP contribution in [0.25, 0.3) is 0 Å². The second-order valence-electron chi connectivity index (χ2n) is 6.93. The van der Waals surface area contributed by atoms with Crippen LogP contribution < -0.4 is 19.7 Å². The highest BCUT2D eigenvalue weighted by molar-refractivity contribution is 6.00. The van der Waals surface area contributed by atoms with Gasteiger partial charge in [-0.2, -0.15) is 0 Å². The molecule has 1 aliphatic rings. The Bertz CT molecular complexity index is 902. The van der Waals surface area contributed by atoms with E-state index in [4.69, 9.17) is 9.47 Å². The fraction of sp³-hybridized carbons (Fsp3) is 0.364. The van der Waals surface area contributed by atoms with Crippen molar-refractivity contribution in [2.75, 3.05) is 25.2 Å². The van der Waals surface area contributed by atoms with Crippen LogP contribution in [0.2, 0.25) is 0 Å². The van der Waals surface area contributed by atoms with Gasteiger partial charge in [0.2, 0.25) is 11.8 Å². The van der Waals surface area contributed by atoms with E-state index in [2.05, 4.69) is 5.32 Å². The van der Waals surface area contributed by atoms with Gasteiger partial charge in [0.1, 0.15) is 5.82 Å². The van der Waals surface area contributed by atoms with Crippen molar-refractivity contribution in [1.82, 2.24) is 5.32 Å². The number of nitrogens with zero attached hydrogens (tertiary/aromatic N) is 1. The summed E-state index contributed by atoms with van der Waals surface area (Å²) in [6.45, 7) is 4.43. The van der Waals surface area contributed by atoms with E-state index in [1.807, 2.05) is 26.0 Å². The molecule has 0 aromatic heterocycles. The molecule has 0 radical (unpaired) electrons. The van der Waals surface area contributed by atoms with Crippen LogP contribution in [-0.2, 0) is 9.59 Å². The Morgan fingerprint density at radius 2 is 2.03 bits per heavy atom. The van der Waals surface area contributed by atoms with Gasteiger partial charge >= 0.3 is 0 Å². The molecule has 1 aliphatic heterocycles. The van der Waals surface area contributed by atoms with Crippen LogP contribution in [0.5, 0.6) is 11.5 Å². The van der Waals surface area contributed by atoms with E-state index < -0.39 is 11.7 Å². The molecule has 0 aliphatic carbocycles. The Balaban J connectivity index is 1.67. The molecule has 7 heteroatoms. The molecule has 0 saturated carbocycles. The number of rotatable bonds is 7. The Hall–Kier alpha value is -3.09. The average molecular weight is 400 g/mol. The van der Waals surface area contributed by atoms with Crippen LogP contribution >= 0.6 is 0 Å². The fourth-order valence-electron chi connectivity index (χ4n) is 3.43. The number of anilines is 1. The largest absolute Gasteiger partial charge is 0.493 e. The van der Waals surface area contributed by atoms with Crippen molar-refractivity contribution < 1.29 is 23.5 Å². The van der Waals surface area contributed by atoms with E-state index in [-0.39, 0.29) is 36.5 Å². The summed E-state index contributed by atoms with van der Waals surface area (Å²) in [6.07, 6.45) is 0.0550. The van der Waals surface area contributed by atoms with Gasteiger partial charge in [-0.05, 0) is 43.7 Å². The molecule has 1 saturated heterocycles. The fourth-order valence-corrected chi connectivity index (χ4v) is 3.43. The maximum Gasteiger partial charge on any atom is 0.227 e. The lowest BCUT2D eigenvalue weighted by molar-refractivity contribution is -0.126.